The number of nitrogens with two attached hydrogens (primary N) is 1. The zero-order valence-electron chi connectivity index (χ0n) is 23.4. The molecule has 42 heavy (non-hydrogen) atoms. The molecule has 1 atom stereocenters. The summed E-state index contributed by atoms with van der Waals surface area (Å²) in [6, 6.07) is 10.5. The van der Waals surface area contributed by atoms with E-state index in [4.69, 9.17) is 21.1 Å². The van der Waals surface area contributed by atoms with Gasteiger partial charge in [0.25, 0.3) is 11.8 Å². The Morgan fingerprint density at radius 2 is 1.90 bits per heavy atom. The predicted octanol–water partition coefficient (Wildman–Crippen LogP) is 8.03. The van der Waals surface area contributed by atoms with Crippen LogP contribution in [0.3, 0.4) is 0 Å². The average Bonchev–Trinajstić information content (AvgIpc) is 3.67. The zero-order chi connectivity index (χ0) is 30.1. The van der Waals surface area contributed by atoms with Crippen molar-refractivity contribution in [3.63, 3.8) is 0 Å². The van der Waals surface area contributed by atoms with Crippen molar-refractivity contribution in [3.05, 3.63) is 64.9 Å². The van der Waals surface area contributed by atoms with E-state index >= 15 is 0 Å². The van der Waals surface area contributed by atoms with Crippen LogP contribution < -0.4 is 16.4 Å². The van der Waals surface area contributed by atoms with Gasteiger partial charge < -0.3 is 31.7 Å². The van der Waals surface area contributed by atoms with Gasteiger partial charge in [-0.15, -0.1) is 0 Å². The van der Waals surface area contributed by atoms with E-state index in [0.29, 0.717) is 53.3 Å². The molecule has 12 heteroatoms. The fourth-order valence-corrected chi connectivity index (χ4v) is 4.70. The van der Waals surface area contributed by atoms with Crippen LogP contribution in [-0.4, -0.2) is 33.7 Å². The minimum atomic E-state index is -4.16. The van der Waals surface area contributed by atoms with Gasteiger partial charge >= 0.3 is 6.18 Å². The lowest BCUT2D eigenvalue weighted by molar-refractivity contribution is -0.171. The SMILES string of the molecule is C[C@H](CCCC/C=C(\C=N)C(Nc1cccc(-c2nc(Nc3ccc(N)c(C=N)c3)no2)n1)=C1CCCC1)C(F)(F)F. The number of hydrogen-bond acceptors (Lipinski definition) is 9. The Hall–Kier alpha value is -4.48. The summed E-state index contributed by atoms with van der Waals surface area (Å²) in [5, 5.41) is 25.9. The standard InChI is InChI=1S/C30H35F3N8O/c1-19(30(31,32)33)8-3-2-4-11-21(17-34)27(20-9-5-6-10-20)39-26-13-7-12-25(38-26)28-40-29(41-42-28)37-23-14-15-24(36)22(16-23)18-35/h7,11-19,34-35H,2-6,8-10,36H2,1H3,(H,37,41)(H,38,39)/b21-11+,34-17?,35-18?/t19-/m1/s1. The molecule has 2 aromatic heterocycles. The lowest BCUT2D eigenvalue weighted by atomic mass is 10.0. The van der Waals surface area contributed by atoms with Crippen molar-refractivity contribution in [3.8, 4) is 11.6 Å². The monoisotopic (exact) mass is 580 g/mol. The van der Waals surface area contributed by atoms with Crippen LogP contribution in [0.4, 0.5) is 36.3 Å². The van der Waals surface area contributed by atoms with Crippen LogP contribution in [0.2, 0.25) is 0 Å². The molecule has 9 nitrogen and oxygen atoms in total. The van der Waals surface area contributed by atoms with Crippen LogP contribution in [0.1, 0.15) is 63.9 Å². The lowest BCUT2D eigenvalue weighted by Crippen LogP contribution is -2.19. The second kappa shape index (κ2) is 13.9. The molecular weight excluding hydrogens is 545 g/mol. The van der Waals surface area contributed by atoms with Gasteiger partial charge in [0.05, 0.1) is 5.92 Å². The minimum Gasteiger partial charge on any atom is -0.398 e. The summed E-state index contributed by atoms with van der Waals surface area (Å²) in [7, 11) is 0. The van der Waals surface area contributed by atoms with Crippen LogP contribution in [0.15, 0.2) is 63.8 Å². The van der Waals surface area contributed by atoms with Gasteiger partial charge in [-0.25, -0.2) is 4.98 Å². The first-order chi connectivity index (χ1) is 20.2. The van der Waals surface area contributed by atoms with Crippen molar-refractivity contribution in [2.45, 2.75) is 64.5 Å². The highest BCUT2D eigenvalue weighted by atomic mass is 19.4. The van der Waals surface area contributed by atoms with Gasteiger partial charge in [0.2, 0.25) is 0 Å². The van der Waals surface area contributed by atoms with Crippen molar-refractivity contribution in [1.82, 2.24) is 15.1 Å². The molecule has 0 bridgehead atoms. The summed E-state index contributed by atoms with van der Waals surface area (Å²) < 4.78 is 43.8. The molecule has 1 aliphatic carbocycles. The molecule has 1 fully saturated rings. The fraction of sp³-hybridized carbons (Fsp3) is 0.367. The molecule has 222 valence electrons. The van der Waals surface area contributed by atoms with Crippen molar-refractivity contribution in [2.24, 2.45) is 5.92 Å². The van der Waals surface area contributed by atoms with Gasteiger partial charge in [-0.1, -0.05) is 25.5 Å². The number of rotatable bonds is 13. The molecule has 0 aliphatic heterocycles. The highest BCUT2D eigenvalue weighted by Crippen LogP contribution is 2.32. The number of hydrogen-bond donors (Lipinski definition) is 5. The Labute approximate surface area is 242 Å². The van der Waals surface area contributed by atoms with E-state index in [1.807, 2.05) is 18.2 Å². The smallest absolute Gasteiger partial charge is 0.391 e. The summed E-state index contributed by atoms with van der Waals surface area (Å²) in [5.74, 6) is -0.354. The molecule has 0 saturated heterocycles. The number of anilines is 4. The van der Waals surface area contributed by atoms with Gasteiger partial charge in [-0.2, -0.15) is 18.2 Å². The summed E-state index contributed by atoms with van der Waals surface area (Å²) in [5.41, 5.74) is 10.7. The van der Waals surface area contributed by atoms with E-state index in [1.165, 1.54) is 18.7 Å². The number of allylic oxidation sites excluding steroid dienone is 3. The number of unbranched alkanes of at least 4 members (excludes halogenated alkanes) is 2. The maximum absolute atomic E-state index is 12.8. The van der Waals surface area contributed by atoms with E-state index in [2.05, 4.69) is 25.8 Å². The molecule has 0 spiro atoms. The molecule has 0 unspecified atom stereocenters. The zero-order valence-corrected chi connectivity index (χ0v) is 23.4. The molecule has 3 aromatic rings. The summed E-state index contributed by atoms with van der Waals surface area (Å²) in [4.78, 5) is 9.05. The third-order valence-electron chi connectivity index (χ3n) is 7.16. The Bertz CT molecular complexity index is 1450. The highest BCUT2D eigenvalue weighted by molar-refractivity contribution is 5.87. The lowest BCUT2D eigenvalue weighted by Gasteiger charge is -2.16. The first-order valence-electron chi connectivity index (χ1n) is 13.9. The molecule has 1 saturated carbocycles. The molecule has 1 aromatic carbocycles. The Kier molecular flexibility index (Phi) is 10.1. The Morgan fingerprint density at radius 3 is 2.62 bits per heavy atom. The molecule has 0 radical (unpaired) electrons. The summed E-state index contributed by atoms with van der Waals surface area (Å²) in [6.45, 7) is 1.21. The first-order valence-corrected chi connectivity index (χ1v) is 13.9. The first kappa shape index (κ1) is 30.5. The van der Waals surface area contributed by atoms with Gasteiger partial charge in [-0.05, 0) is 86.0 Å². The topological polar surface area (TPSA) is 150 Å². The average molecular weight is 581 g/mol. The van der Waals surface area contributed by atoms with Gasteiger partial charge in [0.1, 0.15) is 11.5 Å². The van der Waals surface area contributed by atoms with E-state index in [9.17, 15) is 13.2 Å². The number of nitrogens with one attached hydrogen (secondary N) is 4. The second-order valence-corrected chi connectivity index (χ2v) is 10.3. The Morgan fingerprint density at radius 1 is 1.12 bits per heavy atom. The molecule has 6 N–H and O–H groups in total. The maximum atomic E-state index is 12.8. The van der Waals surface area contributed by atoms with Crippen LogP contribution in [0.5, 0.6) is 0 Å². The van der Waals surface area contributed by atoms with Gasteiger partial charge in [-0.3, -0.25) is 0 Å². The van der Waals surface area contributed by atoms with Crippen molar-refractivity contribution < 1.29 is 17.7 Å². The van der Waals surface area contributed by atoms with E-state index in [1.54, 1.807) is 24.3 Å². The summed E-state index contributed by atoms with van der Waals surface area (Å²) in [6.07, 6.45) is 5.87. The van der Waals surface area contributed by atoms with Crippen LogP contribution >= 0.6 is 0 Å². The summed E-state index contributed by atoms with van der Waals surface area (Å²) >= 11 is 0. The van der Waals surface area contributed by atoms with E-state index in [-0.39, 0.29) is 18.3 Å². The fourth-order valence-electron chi connectivity index (χ4n) is 4.70. The number of nitrogens with zero attached hydrogens (tertiary/aromatic N) is 3. The van der Waals surface area contributed by atoms with Gasteiger partial charge in [0, 0.05) is 40.6 Å². The number of nitrogen functional groups attached to an aromatic ring is 1. The number of aromatic nitrogens is 3. The molecule has 2 heterocycles. The van der Waals surface area contributed by atoms with Crippen molar-refractivity contribution >= 4 is 35.6 Å². The number of alkyl halides is 3. The number of pyridine rings is 1. The van der Waals surface area contributed by atoms with Crippen LogP contribution in [0, 0.1) is 16.7 Å². The number of benzene rings is 1. The highest BCUT2D eigenvalue weighted by Gasteiger charge is 2.35. The Balaban J connectivity index is 1.47. The minimum absolute atomic E-state index is 0.0951. The molecule has 0 amide bonds. The van der Waals surface area contributed by atoms with E-state index < -0.39 is 12.1 Å². The van der Waals surface area contributed by atoms with Crippen molar-refractivity contribution in [1.29, 1.82) is 10.8 Å². The third kappa shape index (κ3) is 8.05. The van der Waals surface area contributed by atoms with Crippen molar-refractivity contribution in [2.75, 3.05) is 16.4 Å². The maximum Gasteiger partial charge on any atom is 0.391 e. The normalized spacial score (nSPS) is 14.5. The quantitative estimate of drug-likeness (QED) is 0.0780. The second-order valence-electron chi connectivity index (χ2n) is 10.3. The largest absolute Gasteiger partial charge is 0.398 e. The van der Waals surface area contributed by atoms with Gasteiger partial charge in [0.15, 0.2) is 0 Å². The molecule has 1 aliphatic rings. The number of halogens is 3. The predicted molar refractivity (Wildman–Crippen MR) is 159 cm³/mol. The third-order valence-corrected chi connectivity index (χ3v) is 7.16. The van der Waals surface area contributed by atoms with Crippen LogP contribution in [-0.2, 0) is 0 Å². The van der Waals surface area contributed by atoms with E-state index in [0.717, 1.165) is 37.6 Å². The van der Waals surface area contributed by atoms with Crippen LogP contribution in [0.25, 0.3) is 11.6 Å². The molecular formula is C30H35F3N8O. The molecule has 4 rings (SSSR count).